The second-order valence-corrected chi connectivity index (χ2v) is 12.3. The number of halogens is 1. The average Bonchev–Trinajstić information content (AvgIpc) is 3.18. The molecule has 7 rings (SSSR count). The minimum atomic E-state index is -0.486. The standard InChI is InChI=1S/C28H35ClN6O2/c1-33(21-5-7-35(8-6-21)24-4-3-17(15-30)16-31-24)27-25(29)26(32-34(27)2)23(36)11-22-19-9-18-10-20(22)14-28(37,12-18)13-19/h3-4,16,18-22,37H,5-14H2,1-2H3. The summed E-state index contributed by atoms with van der Waals surface area (Å²) in [5.41, 5.74) is 0.466. The van der Waals surface area contributed by atoms with Crippen LogP contribution in [0.25, 0.3) is 0 Å². The first kappa shape index (κ1) is 24.7. The predicted octanol–water partition coefficient (Wildman–Crippen LogP) is 4.21. The SMILES string of the molecule is CN(c1c(Cl)c(C(=O)CC2C3CC4CC2CC(O)(C4)C3)nn1C)C1CCN(c2ccc(C#N)cn2)CC1. The van der Waals surface area contributed by atoms with Gasteiger partial charge < -0.3 is 14.9 Å². The molecule has 2 aromatic rings. The van der Waals surface area contributed by atoms with Gasteiger partial charge in [-0.3, -0.25) is 9.48 Å². The Labute approximate surface area is 223 Å². The molecule has 196 valence electrons. The van der Waals surface area contributed by atoms with E-state index in [1.165, 1.54) is 0 Å². The van der Waals surface area contributed by atoms with Gasteiger partial charge in [-0.2, -0.15) is 10.4 Å². The first-order chi connectivity index (χ1) is 17.7. The smallest absolute Gasteiger partial charge is 0.184 e. The number of aromatic nitrogens is 3. The van der Waals surface area contributed by atoms with Crippen LogP contribution in [0.15, 0.2) is 18.3 Å². The van der Waals surface area contributed by atoms with Gasteiger partial charge in [0, 0.05) is 45.8 Å². The maximum absolute atomic E-state index is 13.5. The van der Waals surface area contributed by atoms with Gasteiger partial charge in [0.15, 0.2) is 5.78 Å². The van der Waals surface area contributed by atoms with Crippen molar-refractivity contribution in [2.75, 3.05) is 29.9 Å². The molecule has 0 aromatic carbocycles. The molecule has 0 spiro atoms. The summed E-state index contributed by atoms with van der Waals surface area (Å²) < 4.78 is 1.75. The monoisotopic (exact) mass is 522 g/mol. The van der Waals surface area contributed by atoms with Crippen LogP contribution in [0.3, 0.4) is 0 Å². The molecule has 5 fully saturated rings. The van der Waals surface area contributed by atoms with Gasteiger partial charge >= 0.3 is 0 Å². The number of anilines is 2. The molecule has 1 saturated heterocycles. The number of nitrogens with zero attached hydrogens (tertiary/aromatic N) is 6. The summed E-state index contributed by atoms with van der Waals surface area (Å²) in [6.07, 6.45) is 8.90. The lowest BCUT2D eigenvalue weighted by Crippen LogP contribution is -2.54. The fraction of sp³-hybridized carbons (Fsp3) is 0.643. The number of carbonyl (C=O) groups is 1. The Morgan fingerprint density at radius 2 is 1.95 bits per heavy atom. The first-order valence-electron chi connectivity index (χ1n) is 13.6. The molecule has 4 bridgehead atoms. The second kappa shape index (κ2) is 9.28. The maximum atomic E-state index is 13.5. The van der Waals surface area contributed by atoms with E-state index in [2.05, 4.69) is 26.0 Å². The number of pyridine rings is 1. The van der Waals surface area contributed by atoms with E-state index in [9.17, 15) is 9.90 Å². The molecular formula is C28H35ClN6O2. The number of ketones is 1. The van der Waals surface area contributed by atoms with Crippen LogP contribution < -0.4 is 9.80 Å². The lowest BCUT2D eigenvalue weighted by atomic mass is 9.49. The Morgan fingerprint density at radius 1 is 1.24 bits per heavy atom. The number of nitriles is 1. The Morgan fingerprint density at radius 3 is 2.54 bits per heavy atom. The van der Waals surface area contributed by atoms with Crippen molar-refractivity contribution in [3.8, 4) is 6.07 Å². The highest BCUT2D eigenvalue weighted by Crippen LogP contribution is 2.59. The summed E-state index contributed by atoms with van der Waals surface area (Å²) >= 11 is 6.85. The molecule has 3 heterocycles. The van der Waals surface area contributed by atoms with Gasteiger partial charge in [-0.1, -0.05) is 11.6 Å². The summed E-state index contributed by atoms with van der Waals surface area (Å²) in [4.78, 5) is 22.3. The molecule has 4 saturated carbocycles. The van der Waals surface area contributed by atoms with Gasteiger partial charge in [0.05, 0.1) is 11.2 Å². The minimum absolute atomic E-state index is 0.0337. The van der Waals surface area contributed by atoms with Crippen LogP contribution in [-0.4, -0.2) is 57.4 Å². The average molecular weight is 523 g/mol. The van der Waals surface area contributed by atoms with Gasteiger partial charge in [-0.05, 0) is 80.8 Å². The Bertz CT molecular complexity index is 1210. The molecule has 8 nitrogen and oxygen atoms in total. The molecular weight excluding hydrogens is 488 g/mol. The van der Waals surface area contributed by atoms with Crippen molar-refractivity contribution < 1.29 is 9.90 Å². The van der Waals surface area contributed by atoms with Crippen molar-refractivity contribution in [3.63, 3.8) is 0 Å². The summed E-state index contributed by atoms with van der Waals surface area (Å²) in [6, 6.07) is 6.10. The fourth-order valence-corrected chi connectivity index (χ4v) is 8.47. The summed E-state index contributed by atoms with van der Waals surface area (Å²) in [5, 5.41) is 25.0. The minimum Gasteiger partial charge on any atom is -0.390 e. The third-order valence-electron chi connectivity index (χ3n) is 9.63. The molecule has 2 atom stereocenters. The highest BCUT2D eigenvalue weighted by Gasteiger charge is 2.55. The molecule has 9 heteroatoms. The number of Topliss-reactive ketones (excluding diaryl/α,β-unsaturated/α-hetero) is 1. The van der Waals surface area contributed by atoms with Gasteiger partial charge in [0.1, 0.15) is 28.4 Å². The van der Waals surface area contributed by atoms with E-state index in [-0.39, 0.29) is 11.8 Å². The molecule has 0 radical (unpaired) electrons. The largest absolute Gasteiger partial charge is 0.390 e. The normalized spacial score (nSPS) is 30.9. The van der Waals surface area contributed by atoms with E-state index in [1.807, 2.05) is 20.2 Å². The van der Waals surface area contributed by atoms with Crippen LogP contribution in [0.5, 0.6) is 0 Å². The Balaban J connectivity index is 1.12. The van der Waals surface area contributed by atoms with Gasteiger partial charge in [-0.15, -0.1) is 0 Å². The number of aliphatic hydroxyl groups is 1. The van der Waals surface area contributed by atoms with Crippen LogP contribution in [0.1, 0.15) is 67.4 Å². The van der Waals surface area contributed by atoms with E-state index in [4.69, 9.17) is 16.9 Å². The number of piperidine rings is 1. The number of hydrogen-bond acceptors (Lipinski definition) is 7. The third-order valence-corrected chi connectivity index (χ3v) is 9.98. The van der Waals surface area contributed by atoms with Gasteiger partial charge in [0.25, 0.3) is 0 Å². The quantitative estimate of drug-likeness (QED) is 0.567. The number of carbonyl (C=O) groups excluding carboxylic acids is 1. The topological polar surface area (TPSA) is 98.3 Å². The van der Waals surface area contributed by atoms with Crippen molar-refractivity contribution in [2.45, 2.75) is 63.0 Å². The second-order valence-electron chi connectivity index (χ2n) is 11.9. The fourth-order valence-electron chi connectivity index (χ4n) is 8.08. The maximum Gasteiger partial charge on any atom is 0.184 e. The van der Waals surface area contributed by atoms with Crippen molar-refractivity contribution >= 4 is 29.0 Å². The lowest BCUT2D eigenvalue weighted by molar-refractivity contribution is -0.151. The number of aryl methyl sites for hydroxylation is 1. The zero-order valence-corrected chi connectivity index (χ0v) is 22.4. The third kappa shape index (κ3) is 4.40. The lowest BCUT2D eigenvalue weighted by Gasteiger charge is -2.58. The van der Waals surface area contributed by atoms with E-state index < -0.39 is 5.60 Å². The molecule has 1 N–H and O–H groups in total. The molecule has 0 amide bonds. The van der Waals surface area contributed by atoms with E-state index in [1.54, 1.807) is 16.9 Å². The first-order valence-corrected chi connectivity index (χ1v) is 13.9. The zero-order valence-electron chi connectivity index (χ0n) is 21.6. The summed E-state index contributed by atoms with van der Waals surface area (Å²) in [6.45, 7) is 1.71. The summed E-state index contributed by atoms with van der Waals surface area (Å²) in [7, 11) is 3.90. The predicted molar refractivity (Wildman–Crippen MR) is 142 cm³/mol. The Hall–Kier alpha value is -2.63. The summed E-state index contributed by atoms with van der Waals surface area (Å²) in [5.74, 6) is 3.57. The Kier molecular flexibility index (Phi) is 6.20. The number of hydrogen-bond donors (Lipinski definition) is 1. The molecule has 37 heavy (non-hydrogen) atoms. The van der Waals surface area contributed by atoms with Crippen LogP contribution in [0.2, 0.25) is 5.02 Å². The van der Waals surface area contributed by atoms with E-state index >= 15 is 0 Å². The van der Waals surface area contributed by atoms with E-state index in [0.29, 0.717) is 46.4 Å². The molecule has 1 aliphatic heterocycles. The van der Waals surface area contributed by atoms with Crippen LogP contribution in [0.4, 0.5) is 11.6 Å². The van der Waals surface area contributed by atoms with Crippen LogP contribution in [0, 0.1) is 35.0 Å². The molecule has 5 aliphatic rings. The van der Waals surface area contributed by atoms with Crippen molar-refractivity contribution in [2.24, 2.45) is 30.7 Å². The van der Waals surface area contributed by atoms with E-state index in [0.717, 1.165) is 69.7 Å². The van der Waals surface area contributed by atoms with Crippen molar-refractivity contribution in [1.29, 1.82) is 5.26 Å². The van der Waals surface area contributed by atoms with Crippen LogP contribution in [-0.2, 0) is 7.05 Å². The number of rotatable bonds is 6. The van der Waals surface area contributed by atoms with Crippen molar-refractivity contribution in [3.05, 3.63) is 34.6 Å². The van der Waals surface area contributed by atoms with Gasteiger partial charge in [-0.25, -0.2) is 4.98 Å². The van der Waals surface area contributed by atoms with Crippen LogP contribution >= 0.6 is 11.6 Å². The molecule has 4 aliphatic carbocycles. The highest BCUT2D eigenvalue weighted by molar-refractivity contribution is 6.36. The highest BCUT2D eigenvalue weighted by atomic mass is 35.5. The van der Waals surface area contributed by atoms with Crippen molar-refractivity contribution in [1.82, 2.24) is 14.8 Å². The molecule has 2 aromatic heterocycles. The van der Waals surface area contributed by atoms with Gasteiger partial charge in [0.2, 0.25) is 0 Å². The molecule has 2 unspecified atom stereocenters. The zero-order chi connectivity index (χ0) is 25.9.